The van der Waals surface area contributed by atoms with Gasteiger partial charge in [0.05, 0.1) is 35.3 Å². The number of methoxy groups -OCH3 is 1. The van der Waals surface area contributed by atoms with Crippen molar-refractivity contribution in [2.75, 3.05) is 20.2 Å². The SMILES string of the molecule is CCN1C(=O)[C@H]2[C@H](CC=C3[C@H]2C[C@H]2C(=O)N(CC)C(=O)[C@H]2[C@H]3c2cc(Br)c(O)c(OC)c2)C1=O. The zero-order chi connectivity index (χ0) is 24.5. The largest absolute Gasteiger partial charge is 0.503 e. The number of imide groups is 2. The van der Waals surface area contributed by atoms with E-state index in [0.717, 1.165) is 11.1 Å². The molecule has 0 unspecified atom stereocenters. The van der Waals surface area contributed by atoms with Crippen molar-refractivity contribution in [3.63, 3.8) is 0 Å². The Hall–Kier alpha value is -2.68. The van der Waals surface area contributed by atoms with Crippen LogP contribution in [0.3, 0.4) is 0 Å². The number of nitrogens with zero attached hydrogens (tertiary/aromatic N) is 2. The molecule has 1 aromatic rings. The van der Waals surface area contributed by atoms with Gasteiger partial charge in [-0.05, 0) is 66.2 Å². The molecule has 4 aliphatic rings. The predicted molar refractivity (Wildman–Crippen MR) is 125 cm³/mol. The molecule has 0 spiro atoms. The van der Waals surface area contributed by atoms with Crippen LogP contribution in [0.25, 0.3) is 0 Å². The van der Waals surface area contributed by atoms with Gasteiger partial charge in [-0.3, -0.25) is 29.0 Å². The summed E-state index contributed by atoms with van der Waals surface area (Å²) in [7, 11) is 1.45. The second-order valence-electron chi connectivity index (χ2n) is 9.42. The van der Waals surface area contributed by atoms with Crippen LogP contribution in [0.1, 0.15) is 38.2 Å². The molecule has 2 aliphatic heterocycles. The topological polar surface area (TPSA) is 104 Å². The second-order valence-corrected chi connectivity index (χ2v) is 10.3. The highest BCUT2D eigenvalue weighted by Gasteiger charge is 2.61. The molecule has 0 bridgehead atoms. The van der Waals surface area contributed by atoms with E-state index in [0.29, 0.717) is 23.9 Å². The predicted octanol–water partition coefficient (Wildman–Crippen LogP) is 2.84. The van der Waals surface area contributed by atoms with E-state index in [9.17, 15) is 24.3 Å². The monoisotopic (exact) mass is 530 g/mol. The number of allylic oxidation sites excluding steroid dienone is 2. The van der Waals surface area contributed by atoms with Crippen LogP contribution < -0.4 is 4.74 Å². The fourth-order valence-electron chi connectivity index (χ4n) is 6.65. The standard InChI is InChI=1S/C25H27BrN2O6/c1-4-27-22(30)13-7-6-12-14(19(13)24(27)32)10-15-20(25(33)28(5-2)23(15)31)18(12)11-8-16(26)21(29)17(9-11)34-3/h6,8-9,13-15,18-20,29H,4-5,7,10H2,1-3H3/t13-,14+,15+,18-,19-,20+/m0/s1. The summed E-state index contributed by atoms with van der Waals surface area (Å²) >= 11 is 3.38. The lowest BCUT2D eigenvalue weighted by atomic mass is 9.57. The van der Waals surface area contributed by atoms with E-state index in [2.05, 4.69) is 15.9 Å². The Bertz CT molecular complexity index is 1150. The molecule has 6 atom stereocenters. The molecule has 0 radical (unpaired) electrons. The minimum Gasteiger partial charge on any atom is -0.503 e. The average Bonchev–Trinajstić information content (AvgIpc) is 3.22. The molecular weight excluding hydrogens is 504 g/mol. The van der Waals surface area contributed by atoms with Crippen molar-refractivity contribution in [2.24, 2.45) is 29.6 Å². The maximum absolute atomic E-state index is 13.4. The number of carbonyl (C=O) groups is 4. The summed E-state index contributed by atoms with van der Waals surface area (Å²) < 4.78 is 5.78. The third-order valence-corrected chi connectivity index (χ3v) is 8.70. The highest BCUT2D eigenvalue weighted by atomic mass is 79.9. The van der Waals surface area contributed by atoms with Gasteiger partial charge in [-0.1, -0.05) is 11.6 Å². The molecule has 2 aliphatic carbocycles. The molecule has 4 amide bonds. The third kappa shape index (κ3) is 3.01. The number of phenols is 1. The Morgan fingerprint density at radius 1 is 0.941 bits per heavy atom. The van der Waals surface area contributed by atoms with Gasteiger partial charge in [0.25, 0.3) is 0 Å². The quantitative estimate of drug-likeness (QED) is 0.474. The normalized spacial score (nSPS) is 32.5. The molecule has 180 valence electrons. The zero-order valence-electron chi connectivity index (χ0n) is 19.3. The fraction of sp³-hybridized carbons (Fsp3) is 0.520. The molecule has 34 heavy (non-hydrogen) atoms. The third-order valence-electron chi connectivity index (χ3n) is 8.09. The number of halogens is 1. The molecule has 2 saturated heterocycles. The van der Waals surface area contributed by atoms with Gasteiger partial charge in [0.2, 0.25) is 23.6 Å². The van der Waals surface area contributed by atoms with Gasteiger partial charge in [-0.2, -0.15) is 0 Å². The number of aromatic hydroxyl groups is 1. The van der Waals surface area contributed by atoms with Crippen LogP contribution in [0.5, 0.6) is 11.5 Å². The first-order chi connectivity index (χ1) is 16.2. The summed E-state index contributed by atoms with van der Waals surface area (Å²) in [6.07, 6.45) is 2.82. The molecule has 2 heterocycles. The summed E-state index contributed by atoms with van der Waals surface area (Å²) in [6, 6.07) is 3.45. The van der Waals surface area contributed by atoms with E-state index < -0.39 is 29.6 Å². The Morgan fingerprint density at radius 3 is 2.18 bits per heavy atom. The van der Waals surface area contributed by atoms with Gasteiger partial charge in [0, 0.05) is 19.0 Å². The van der Waals surface area contributed by atoms with Crippen molar-refractivity contribution in [1.29, 1.82) is 0 Å². The number of phenolic OH excluding ortho intramolecular Hbond substituents is 1. The lowest BCUT2D eigenvalue weighted by molar-refractivity contribution is -0.141. The number of amides is 4. The van der Waals surface area contributed by atoms with Crippen LogP contribution >= 0.6 is 15.9 Å². The highest BCUT2D eigenvalue weighted by Crippen LogP contribution is 2.58. The maximum atomic E-state index is 13.4. The zero-order valence-corrected chi connectivity index (χ0v) is 20.9. The Morgan fingerprint density at radius 2 is 1.56 bits per heavy atom. The summed E-state index contributed by atoms with van der Waals surface area (Å²) in [5, 5.41) is 10.4. The minimum absolute atomic E-state index is 0.0491. The first kappa shape index (κ1) is 23.1. The van der Waals surface area contributed by atoms with E-state index in [-0.39, 0.29) is 47.6 Å². The fourth-order valence-corrected chi connectivity index (χ4v) is 7.11. The number of hydrogen-bond donors (Lipinski definition) is 1. The van der Waals surface area contributed by atoms with Gasteiger partial charge < -0.3 is 9.84 Å². The van der Waals surface area contributed by atoms with Crippen LogP contribution in [-0.4, -0.2) is 58.7 Å². The molecule has 1 saturated carbocycles. The van der Waals surface area contributed by atoms with Crippen LogP contribution in [0.2, 0.25) is 0 Å². The summed E-state index contributed by atoms with van der Waals surface area (Å²) in [6.45, 7) is 4.19. The Balaban J connectivity index is 1.68. The molecule has 0 aromatic heterocycles. The average molecular weight is 531 g/mol. The van der Waals surface area contributed by atoms with E-state index in [1.807, 2.05) is 6.08 Å². The van der Waals surface area contributed by atoms with Crippen LogP contribution in [0, 0.1) is 29.6 Å². The van der Waals surface area contributed by atoms with Gasteiger partial charge in [-0.15, -0.1) is 0 Å². The van der Waals surface area contributed by atoms with Gasteiger partial charge in [0.15, 0.2) is 11.5 Å². The lowest BCUT2D eigenvalue weighted by Crippen LogP contribution is -2.43. The molecule has 9 heteroatoms. The van der Waals surface area contributed by atoms with Crippen LogP contribution in [0.15, 0.2) is 28.3 Å². The van der Waals surface area contributed by atoms with E-state index in [1.54, 1.807) is 26.0 Å². The van der Waals surface area contributed by atoms with Crippen molar-refractivity contribution < 1.29 is 29.0 Å². The van der Waals surface area contributed by atoms with Crippen LogP contribution in [0.4, 0.5) is 0 Å². The molecular formula is C25H27BrN2O6. The molecule has 8 nitrogen and oxygen atoms in total. The number of carbonyl (C=O) groups excluding carboxylic acids is 4. The Kier molecular flexibility index (Phi) is 5.58. The van der Waals surface area contributed by atoms with Crippen molar-refractivity contribution in [2.45, 2.75) is 32.6 Å². The van der Waals surface area contributed by atoms with E-state index in [4.69, 9.17) is 4.74 Å². The maximum Gasteiger partial charge on any atom is 0.234 e. The minimum atomic E-state index is -0.595. The van der Waals surface area contributed by atoms with Gasteiger partial charge in [0.1, 0.15) is 0 Å². The molecule has 3 fully saturated rings. The number of ether oxygens (including phenoxy) is 1. The first-order valence-electron chi connectivity index (χ1n) is 11.7. The van der Waals surface area contributed by atoms with E-state index >= 15 is 0 Å². The molecule has 5 rings (SSSR count). The second kappa shape index (κ2) is 8.22. The summed E-state index contributed by atoms with van der Waals surface area (Å²) in [5.74, 6) is -3.40. The van der Waals surface area contributed by atoms with Gasteiger partial charge in [-0.25, -0.2) is 0 Å². The van der Waals surface area contributed by atoms with Crippen molar-refractivity contribution >= 4 is 39.6 Å². The number of hydrogen-bond acceptors (Lipinski definition) is 6. The van der Waals surface area contributed by atoms with Crippen molar-refractivity contribution in [3.8, 4) is 11.5 Å². The lowest BCUT2D eigenvalue weighted by Gasteiger charge is -2.44. The summed E-state index contributed by atoms with van der Waals surface area (Å²) in [5.41, 5.74) is 1.66. The Labute approximate surface area is 206 Å². The van der Waals surface area contributed by atoms with Crippen LogP contribution in [-0.2, 0) is 19.2 Å². The van der Waals surface area contributed by atoms with E-state index in [1.165, 1.54) is 16.9 Å². The number of rotatable bonds is 4. The van der Waals surface area contributed by atoms with Gasteiger partial charge >= 0.3 is 0 Å². The smallest absolute Gasteiger partial charge is 0.234 e. The van der Waals surface area contributed by atoms with Crippen molar-refractivity contribution in [3.05, 3.63) is 33.8 Å². The molecule has 1 aromatic carbocycles. The number of fused-ring (bicyclic) bond motifs is 4. The number of benzene rings is 1. The highest BCUT2D eigenvalue weighted by molar-refractivity contribution is 9.10. The first-order valence-corrected chi connectivity index (χ1v) is 12.5. The van der Waals surface area contributed by atoms with Crippen molar-refractivity contribution in [1.82, 2.24) is 9.80 Å². The summed E-state index contributed by atoms with van der Waals surface area (Å²) in [4.78, 5) is 55.6. The number of likely N-dealkylation sites (tertiary alicyclic amines) is 2. The molecule has 1 N–H and O–H groups in total.